The monoisotopic (exact) mass is 1480 g/mol. The standard InChI is InChI=1S/C81H127N9O14S/c1-19-53(6)71(66(102-17)49-69(96)90-43-28-33-63(90)72(103-18)54(7)64(92)47-58(75-83-42-44-105-75)45-55-29-23-22-24-30-55)89(16)76(99)61(51(2)3)48-67(94)81(14,15)88-78(101)104-50-56-35-37-59(38-36-56)85-74(98)57(31-27-41-84-77(82)100)46-65(93)70(52(4)5)86-68(95)34-26-21-20-25-32-60(91)39-40-62(87-80(11,12)13)73(97)79(8,9)10/h22-24,29-30,35-38,42,44,51-54,57-58,61-63,66,70-72,87H,19-21,25-28,31-34,39-41,43,45-50H2,1-18H3,(H,85,98)(H,86,95)(H,88,101)(H3,82,84,100)/t53-,54-,57+,58+,61-,62+,63-,66+,70-,71-,72+/m0/s1. The van der Waals surface area contributed by atoms with Gasteiger partial charge in [0.05, 0.1) is 53.3 Å². The van der Waals surface area contributed by atoms with Gasteiger partial charge in [-0.3, -0.25) is 43.2 Å². The Labute approximate surface area is 629 Å². The van der Waals surface area contributed by atoms with Crippen molar-refractivity contribution in [1.29, 1.82) is 0 Å². The van der Waals surface area contributed by atoms with E-state index in [2.05, 4.69) is 43.7 Å². The molecule has 7 amide bonds. The second-order valence-electron chi connectivity index (χ2n) is 32.1. The number of rotatable bonds is 47. The van der Waals surface area contributed by atoms with Crippen molar-refractivity contribution in [3.05, 3.63) is 82.3 Å². The van der Waals surface area contributed by atoms with Crippen LogP contribution in [0.5, 0.6) is 0 Å². The zero-order chi connectivity index (χ0) is 78.5. The van der Waals surface area contributed by atoms with Crippen molar-refractivity contribution in [3.8, 4) is 0 Å². The van der Waals surface area contributed by atoms with Crippen LogP contribution in [-0.2, 0) is 70.4 Å². The van der Waals surface area contributed by atoms with E-state index in [9.17, 15) is 52.7 Å². The molecule has 1 aliphatic rings. The Hall–Kier alpha value is -7.28. The largest absolute Gasteiger partial charge is 0.445 e. The molecule has 2 aromatic carbocycles. The predicted molar refractivity (Wildman–Crippen MR) is 411 cm³/mol. The van der Waals surface area contributed by atoms with Crippen LogP contribution in [0.4, 0.5) is 15.3 Å². The number of nitrogens with zero attached hydrogens (tertiary/aromatic N) is 3. The molecule has 1 saturated heterocycles. The fourth-order valence-corrected chi connectivity index (χ4v) is 14.7. The van der Waals surface area contributed by atoms with Crippen LogP contribution in [-0.4, -0.2) is 161 Å². The van der Waals surface area contributed by atoms with E-state index in [1.54, 1.807) is 63.4 Å². The number of aromatic nitrogens is 1. The Morgan fingerprint density at radius 1 is 0.743 bits per heavy atom. The number of carbonyl (C=O) groups excluding carboxylic acids is 11. The van der Waals surface area contributed by atoms with Gasteiger partial charge in [0.1, 0.15) is 18.2 Å². The number of thiazole rings is 1. The molecule has 1 aromatic heterocycles. The van der Waals surface area contributed by atoms with Gasteiger partial charge in [0.2, 0.25) is 23.6 Å². The third-order valence-electron chi connectivity index (χ3n) is 20.3. The number of hydrogen-bond acceptors (Lipinski definition) is 17. The average Bonchev–Trinajstić information content (AvgIpc) is 1.74. The normalized spacial score (nSPS) is 16.3. The second kappa shape index (κ2) is 43.5. The number of alkyl carbamates (subject to hydrolysis) is 1. The minimum absolute atomic E-state index is 0.0345. The highest BCUT2D eigenvalue weighted by Crippen LogP contribution is 2.35. The van der Waals surface area contributed by atoms with E-state index in [0.29, 0.717) is 82.0 Å². The zero-order valence-corrected chi connectivity index (χ0v) is 67.1. The molecule has 11 atom stereocenters. The highest BCUT2D eigenvalue weighted by atomic mass is 32.1. The summed E-state index contributed by atoms with van der Waals surface area (Å²) in [6.07, 6.45) is 6.61. The summed E-state index contributed by atoms with van der Waals surface area (Å²) in [7, 11) is 4.81. The summed E-state index contributed by atoms with van der Waals surface area (Å²) in [5.41, 5.74) is 5.05. The number of ketones is 5. The molecule has 24 heteroatoms. The molecule has 0 bridgehead atoms. The molecule has 0 aliphatic carbocycles. The van der Waals surface area contributed by atoms with Gasteiger partial charge in [-0.25, -0.2) is 14.6 Å². The lowest BCUT2D eigenvalue weighted by molar-refractivity contribution is -0.149. The summed E-state index contributed by atoms with van der Waals surface area (Å²) in [4.78, 5) is 158. The lowest BCUT2D eigenvalue weighted by Gasteiger charge is -2.41. The number of carbonyl (C=O) groups is 11. The summed E-state index contributed by atoms with van der Waals surface area (Å²) in [6.45, 7) is 28.4. The van der Waals surface area contributed by atoms with Gasteiger partial charge in [0.25, 0.3) is 0 Å². The molecule has 105 heavy (non-hydrogen) atoms. The SMILES string of the molecule is CC[C@H](C)[C@@H]([C@@H](CC(=O)N1CCC[C@H]1[C@H](OC)[C@@H](C)C(=O)C[C@@H](Cc1ccccc1)c1nccs1)OC)N(C)C(=O)[C@@H](CC(=O)C(C)(C)NC(=O)OCc1ccc(NC(=O)[C@H](CCCNC(N)=O)CC(=O)[C@@H](NC(=O)CCCCCCC(=O)CC[C@@H](NC(C)(C)C)C(=O)C(C)(C)C)C(C)C)cc1)C(C)C. The molecule has 0 unspecified atom stereocenters. The van der Waals surface area contributed by atoms with Crippen molar-refractivity contribution in [1.82, 2.24) is 36.1 Å². The van der Waals surface area contributed by atoms with Crippen LogP contribution >= 0.6 is 11.3 Å². The van der Waals surface area contributed by atoms with E-state index in [-0.39, 0.29) is 128 Å². The second-order valence-corrected chi connectivity index (χ2v) is 33.1. The highest BCUT2D eigenvalue weighted by Gasteiger charge is 2.44. The summed E-state index contributed by atoms with van der Waals surface area (Å²) in [5, 5.41) is 17.2. The Morgan fingerprint density at radius 2 is 1.40 bits per heavy atom. The highest BCUT2D eigenvalue weighted by molar-refractivity contribution is 7.09. The number of nitrogens with two attached hydrogens (primary N) is 1. The van der Waals surface area contributed by atoms with Gasteiger partial charge in [0, 0.05) is 125 Å². The van der Waals surface area contributed by atoms with E-state index in [4.69, 9.17) is 19.9 Å². The molecular weight excluding hydrogens is 1360 g/mol. The predicted octanol–water partition coefficient (Wildman–Crippen LogP) is 12.5. The van der Waals surface area contributed by atoms with Gasteiger partial charge >= 0.3 is 12.1 Å². The molecule has 1 aliphatic heterocycles. The van der Waals surface area contributed by atoms with Gasteiger partial charge in [-0.1, -0.05) is 131 Å². The van der Waals surface area contributed by atoms with E-state index in [1.165, 1.54) is 18.4 Å². The fourth-order valence-electron chi connectivity index (χ4n) is 13.9. The fraction of sp³-hybridized carbons (Fsp3) is 0.679. The smallest absolute Gasteiger partial charge is 0.408 e. The maximum Gasteiger partial charge on any atom is 0.408 e. The third-order valence-corrected chi connectivity index (χ3v) is 21.3. The number of amides is 7. The number of nitrogens with one attached hydrogen (secondary N) is 5. The quantitative estimate of drug-likeness (QED) is 0.0286. The maximum atomic E-state index is 14.8. The number of likely N-dealkylation sites (tertiary alicyclic amines) is 1. The number of hydrogen-bond donors (Lipinski definition) is 6. The van der Waals surface area contributed by atoms with Crippen molar-refractivity contribution in [2.45, 2.75) is 279 Å². The number of unbranched alkanes of at least 4 members (excludes halogenated alkanes) is 3. The zero-order valence-electron chi connectivity index (χ0n) is 66.2. The number of Topliss-reactive ketones (excluding diaryl/α,β-unsaturated/α-hetero) is 5. The number of primary amides is 1. The molecule has 0 spiro atoms. The average molecular weight is 1480 g/mol. The molecule has 1 fully saturated rings. The number of benzene rings is 2. The summed E-state index contributed by atoms with van der Waals surface area (Å²) in [5.74, 6) is -4.79. The molecule has 586 valence electrons. The van der Waals surface area contributed by atoms with Crippen molar-refractivity contribution >= 4 is 81.7 Å². The van der Waals surface area contributed by atoms with Crippen LogP contribution in [0.1, 0.15) is 235 Å². The summed E-state index contributed by atoms with van der Waals surface area (Å²) < 4.78 is 17.9. The molecular formula is C81H127N9O14S. The van der Waals surface area contributed by atoms with E-state index >= 15 is 0 Å². The lowest BCUT2D eigenvalue weighted by atomic mass is 9.83. The van der Waals surface area contributed by atoms with Gasteiger partial charge < -0.3 is 56.3 Å². The number of likely N-dealkylation sites (N-methyl/N-ethyl adjacent to an activating group) is 1. The van der Waals surface area contributed by atoms with E-state index < -0.39 is 82.9 Å². The molecule has 0 saturated carbocycles. The van der Waals surface area contributed by atoms with Crippen LogP contribution in [0.3, 0.4) is 0 Å². The summed E-state index contributed by atoms with van der Waals surface area (Å²) >= 11 is 1.54. The van der Waals surface area contributed by atoms with Crippen molar-refractivity contribution in [2.24, 2.45) is 46.7 Å². The number of anilines is 1. The molecule has 7 N–H and O–H groups in total. The van der Waals surface area contributed by atoms with Gasteiger partial charge in [-0.05, 0) is 127 Å². The first kappa shape index (κ1) is 90.1. The molecule has 0 radical (unpaired) electrons. The molecule has 3 aromatic rings. The maximum absolute atomic E-state index is 14.8. The Balaban J connectivity index is 1.32. The van der Waals surface area contributed by atoms with Crippen LogP contribution < -0.4 is 32.3 Å². The Kier molecular flexibility index (Phi) is 37.3. The van der Waals surface area contributed by atoms with Crippen LogP contribution in [0.15, 0.2) is 66.2 Å². The first-order valence-electron chi connectivity index (χ1n) is 38.0. The van der Waals surface area contributed by atoms with Crippen molar-refractivity contribution < 1.29 is 67.0 Å². The van der Waals surface area contributed by atoms with Crippen LogP contribution in [0, 0.1) is 40.9 Å². The van der Waals surface area contributed by atoms with Crippen LogP contribution in [0.2, 0.25) is 0 Å². The molecule has 23 nitrogen and oxygen atoms in total. The van der Waals surface area contributed by atoms with Gasteiger partial charge in [-0.15, -0.1) is 11.3 Å². The van der Waals surface area contributed by atoms with Crippen molar-refractivity contribution in [2.75, 3.05) is 39.7 Å². The summed E-state index contributed by atoms with van der Waals surface area (Å²) in [6, 6.07) is 13.6. The first-order valence-corrected chi connectivity index (χ1v) is 38.8. The Morgan fingerprint density at radius 3 is 1.97 bits per heavy atom. The number of ether oxygens (including phenoxy) is 3. The Bertz CT molecular complexity index is 3280. The number of urea groups is 1. The minimum Gasteiger partial charge on any atom is -0.445 e. The molecule has 4 rings (SSSR count). The van der Waals surface area contributed by atoms with E-state index in [0.717, 1.165) is 23.4 Å². The third kappa shape index (κ3) is 30.1. The first-order chi connectivity index (χ1) is 49.3. The number of methoxy groups -OCH3 is 2. The van der Waals surface area contributed by atoms with Gasteiger partial charge in [-0.2, -0.15) is 0 Å². The lowest BCUT2D eigenvalue weighted by Crippen LogP contribution is -2.55. The van der Waals surface area contributed by atoms with Crippen molar-refractivity contribution in [3.63, 3.8) is 0 Å². The molecule has 2 heterocycles. The van der Waals surface area contributed by atoms with E-state index in [1.807, 2.05) is 118 Å². The van der Waals surface area contributed by atoms with Gasteiger partial charge in [0.15, 0.2) is 17.3 Å². The minimum atomic E-state index is -1.47. The topological polar surface area (TPSA) is 321 Å². The van der Waals surface area contributed by atoms with Crippen LogP contribution in [0.25, 0.3) is 0 Å².